The number of ether oxygens (including phenoxy) is 2. The van der Waals surface area contributed by atoms with Crippen LogP contribution in [0.4, 0.5) is 0 Å². The highest BCUT2D eigenvalue weighted by molar-refractivity contribution is 6.23. The third-order valence-corrected chi connectivity index (χ3v) is 5.52. The van der Waals surface area contributed by atoms with Crippen molar-refractivity contribution in [3.63, 3.8) is 0 Å². The largest absolute Gasteiger partial charge is 0.493 e. The van der Waals surface area contributed by atoms with E-state index in [1.165, 1.54) is 6.08 Å². The minimum Gasteiger partial charge on any atom is -0.493 e. The molecule has 0 radical (unpaired) electrons. The van der Waals surface area contributed by atoms with Gasteiger partial charge in [0.05, 0.1) is 25.3 Å². The highest BCUT2D eigenvalue weighted by Crippen LogP contribution is 2.35. The molecule has 0 saturated heterocycles. The van der Waals surface area contributed by atoms with Gasteiger partial charge in [0.25, 0.3) is 11.8 Å². The van der Waals surface area contributed by atoms with E-state index >= 15 is 0 Å². The predicted octanol–water partition coefficient (Wildman–Crippen LogP) is 2.44. The van der Waals surface area contributed by atoms with E-state index in [1.54, 1.807) is 45.4 Å². The van der Waals surface area contributed by atoms with Gasteiger partial charge in [0, 0.05) is 23.9 Å². The van der Waals surface area contributed by atoms with Crippen LogP contribution in [0.1, 0.15) is 38.8 Å². The van der Waals surface area contributed by atoms with Gasteiger partial charge in [-0.15, -0.1) is 0 Å². The molecule has 2 aromatic carbocycles. The fourth-order valence-corrected chi connectivity index (χ4v) is 3.88. The lowest BCUT2D eigenvalue weighted by Crippen LogP contribution is -2.42. The Hall–Kier alpha value is -3.61. The lowest BCUT2D eigenvalue weighted by atomic mass is 9.95. The summed E-state index contributed by atoms with van der Waals surface area (Å²) >= 11 is 0. The summed E-state index contributed by atoms with van der Waals surface area (Å²) in [6.07, 6.45) is 2.23. The molecular weight excluding hydrogens is 384 g/mol. The Morgan fingerprint density at radius 1 is 1.03 bits per heavy atom. The van der Waals surface area contributed by atoms with Gasteiger partial charge in [0.15, 0.2) is 17.3 Å². The van der Waals surface area contributed by atoms with Gasteiger partial charge in [-0.3, -0.25) is 19.3 Å². The van der Waals surface area contributed by atoms with Crippen LogP contribution in [0.25, 0.3) is 5.70 Å². The number of amides is 2. The van der Waals surface area contributed by atoms with Gasteiger partial charge in [-0.05, 0) is 43.2 Å². The van der Waals surface area contributed by atoms with Crippen molar-refractivity contribution in [2.24, 2.45) is 0 Å². The smallest absolute Gasteiger partial charge is 0.262 e. The number of fused-ring (bicyclic) bond motifs is 2. The van der Waals surface area contributed by atoms with Crippen molar-refractivity contribution in [1.82, 2.24) is 10.2 Å². The molecule has 0 aliphatic carbocycles. The lowest BCUT2D eigenvalue weighted by Gasteiger charge is -2.24. The number of hydrogen-bond acceptors (Lipinski definition) is 6. The number of nitrogens with one attached hydrogen (secondary N) is 1. The number of methoxy groups -OCH3 is 2. The van der Waals surface area contributed by atoms with Gasteiger partial charge in [0.2, 0.25) is 0 Å². The van der Waals surface area contributed by atoms with Crippen LogP contribution in [0.2, 0.25) is 0 Å². The molecule has 7 heteroatoms. The quantitative estimate of drug-likeness (QED) is 0.607. The van der Waals surface area contributed by atoms with Crippen molar-refractivity contribution in [1.29, 1.82) is 0 Å². The van der Waals surface area contributed by atoms with Crippen molar-refractivity contribution in [3.05, 3.63) is 64.7 Å². The van der Waals surface area contributed by atoms with E-state index in [9.17, 15) is 14.4 Å². The maximum atomic E-state index is 13.0. The monoisotopic (exact) mass is 406 g/mol. The average Bonchev–Trinajstić information content (AvgIpc) is 3.02. The Labute approximate surface area is 174 Å². The lowest BCUT2D eigenvalue weighted by molar-refractivity contribution is -0.117. The Kier molecular flexibility index (Phi) is 5.03. The van der Waals surface area contributed by atoms with Crippen LogP contribution in [0.3, 0.4) is 0 Å². The first-order valence-corrected chi connectivity index (χ1v) is 9.68. The van der Waals surface area contributed by atoms with Crippen molar-refractivity contribution in [2.75, 3.05) is 20.8 Å². The number of benzene rings is 2. The predicted molar refractivity (Wildman–Crippen MR) is 111 cm³/mol. The first-order chi connectivity index (χ1) is 14.5. The van der Waals surface area contributed by atoms with Gasteiger partial charge >= 0.3 is 0 Å². The third-order valence-electron chi connectivity index (χ3n) is 5.52. The number of carbonyl (C=O) groups excluding carboxylic acids is 3. The van der Waals surface area contributed by atoms with E-state index < -0.39 is 17.9 Å². The summed E-state index contributed by atoms with van der Waals surface area (Å²) in [6.45, 7) is 2.22. The van der Waals surface area contributed by atoms with Crippen molar-refractivity contribution < 1.29 is 23.9 Å². The van der Waals surface area contributed by atoms with E-state index in [2.05, 4.69) is 5.32 Å². The molecular formula is C23H22N2O5. The molecule has 0 saturated carbocycles. The summed E-state index contributed by atoms with van der Waals surface area (Å²) in [5, 5.41) is 3.24. The van der Waals surface area contributed by atoms with Crippen LogP contribution in [-0.4, -0.2) is 49.3 Å². The average molecular weight is 406 g/mol. The van der Waals surface area contributed by atoms with Gasteiger partial charge in [-0.2, -0.15) is 0 Å². The molecule has 154 valence electrons. The molecule has 1 N–H and O–H groups in total. The zero-order valence-electron chi connectivity index (χ0n) is 17.0. The van der Waals surface area contributed by atoms with Gasteiger partial charge in [-0.25, -0.2) is 0 Å². The molecule has 7 nitrogen and oxygen atoms in total. The standard InChI is InChI=1S/C23H22N2O5/c1-13(25-22(27)15-6-4-5-7-16(15)23(25)28)19(26)12-18-17-11-21(30-3)20(29-2)10-14(17)8-9-24-18/h4-7,10-13,24H,8-9H2,1-3H3/b18-12-/t13-/m0/s1. The van der Waals surface area contributed by atoms with Crippen LogP contribution in [-0.2, 0) is 11.2 Å². The Balaban J connectivity index is 1.65. The number of nitrogens with zero attached hydrogens (tertiary/aromatic N) is 1. The molecule has 4 rings (SSSR count). The topological polar surface area (TPSA) is 84.9 Å². The molecule has 0 unspecified atom stereocenters. The number of rotatable bonds is 5. The molecule has 0 bridgehead atoms. The second-order valence-electron chi connectivity index (χ2n) is 7.20. The first-order valence-electron chi connectivity index (χ1n) is 9.68. The molecule has 30 heavy (non-hydrogen) atoms. The number of imide groups is 1. The van der Waals surface area contributed by atoms with Crippen LogP contribution >= 0.6 is 0 Å². The van der Waals surface area contributed by atoms with E-state index in [1.807, 2.05) is 12.1 Å². The molecule has 2 aliphatic heterocycles. The number of carbonyl (C=O) groups is 3. The van der Waals surface area contributed by atoms with Gasteiger partial charge < -0.3 is 14.8 Å². The molecule has 0 aromatic heterocycles. The van der Waals surface area contributed by atoms with Gasteiger partial charge in [-0.1, -0.05) is 12.1 Å². The van der Waals surface area contributed by atoms with Crippen LogP contribution < -0.4 is 14.8 Å². The molecule has 0 spiro atoms. The minimum atomic E-state index is -0.919. The molecule has 0 fully saturated rings. The van der Waals surface area contributed by atoms with E-state index in [4.69, 9.17) is 9.47 Å². The fourth-order valence-electron chi connectivity index (χ4n) is 3.88. The Bertz CT molecular complexity index is 1050. The number of ketones is 1. The molecule has 2 amide bonds. The molecule has 2 aliphatic rings. The van der Waals surface area contributed by atoms with Crippen molar-refractivity contribution >= 4 is 23.3 Å². The van der Waals surface area contributed by atoms with E-state index in [0.717, 1.165) is 22.4 Å². The summed E-state index contributed by atoms with van der Waals surface area (Å²) in [5.41, 5.74) is 3.15. The maximum absolute atomic E-state index is 13.0. The highest BCUT2D eigenvalue weighted by Gasteiger charge is 2.40. The summed E-state index contributed by atoms with van der Waals surface area (Å²) in [4.78, 5) is 39.4. The van der Waals surface area contributed by atoms with E-state index in [-0.39, 0.29) is 5.78 Å². The third kappa shape index (κ3) is 3.12. The Morgan fingerprint density at radius 3 is 2.23 bits per heavy atom. The zero-order valence-corrected chi connectivity index (χ0v) is 17.0. The van der Waals surface area contributed by atoms with Crippen LogP contribution in [0.15, 0.2) is 42.5 Å². The second kappa shape index (κ2) is 7.67. The molecule has 2 aromatic rings. The summed E-state index contributed by atoms with van der Waals surface area (Å²) in [7, 11) is 3.13. The van der Waals surface area contributed by atoms with Crippen LogP contribution in [0.5, 0.6) is 11.5 Å². The normalized spacial score (nSPS) is 17.3. The zero-order chi connectivity index (χ0) is 21.4. The molecule has 1 atom stereocenters. The van der Waals surface area contributed by atoms with Crippen molar-refractivity contribution in [3.8, 4) is 11.5 Å². The first kappa shape index (κ1) is 19.7. The molecule has 2 heterocycles. The maximum Gasteiger partial charge on any atom is 0.262 e. The van der Waals surface area contributed by atoms with Gasteiger partial charge in [0.1, 0.15) is 6.04 Å². The number of hydrogen-bond donors (Lipinski definition) is 1. The SMILES string of the molecule is COc1cc2c(cc1OC)/C(=C/C(=O)[C@H](C)N1C(=O)c3ccccc3C1=O)NCC2. The summed E-state index contributed by atoms with van der Waals surface area (Å²) < 4.78 is 10.8. The highest BCUT2D eigenvalue weighted by atomic mass is 16.5. The van der Waals surface area contributed by atoms with Crippen molar-refractivity contribution in [2.45, 2.75) is 19.4 Å². The van der Waals surface area contributed by atoms with E-state index in [0.29, 0.717) is 34.9 Å². The fraction of sp³-hybridized carbons (Fsp3) is 0.261. The summed E-state index contributed by atoms with van der Waals surface area (Å²) in [6, 6.07) is 9.41. The Morgan fingerprint density at radius 2 is 1.63 bits per heavy atom. The van der Waals surface area contributed by atoms with Crippen LogP contribution in [0, 0.1) is 0 Å². The summed E-state index contributed by atoms with van der Waals surface area (Å²) in [5.74, 6) is -0.0407. The second-order valence-corrected chi connectivity index (χ2v) is 7.20. The minimum absolute atomic E-state index is 0.327.